The van der Waals surface area contributed by atoms with Crippen LogP contribution in [-0.4, -0.2) is 30.4 Å². The van der Waals surface area contributed by atoms with Gasteiger partial charge in [-0.1, -0.05) is 20.3 Å². The fourth-order valence-corrected chi connectivity index (χ4v) is 1.82. The molecule has 1 aromatic rings. The zero-order valence-electron chi connectivity index (χ0n) is 13.2. The maximum absolute atomic E-state index is 13.7. The molecule has 3 N–H and O–H groups in total. The molecule has 0 bridgehead atoms. The lowest BCUT2D eigenvalue weighted by Gasteiger charge is -2.29. The first-order valence-electron chi connectivity index (χ1n) is 7.01. The minimum Gasteiger partial charge on any atom is -0.494 e. The Hall–Kier alpha value is -1.89. The van der Waals surface area contributed by atoms with Crippen LogP contribution in [-0.2, 0) is 0 Å². The number of nitrogens with one attached hydrogen (secondary N) is 2. The molecule has 0 aromatic heterocycles. The van der Waals surface area contributed by atoms with Gasteiger partial charge < -0.3 is 20.5 Å². The molecule has 124 valence electrons. The van der Waals surface area contributed by atoms with E-state index in [9.17, 15) is 18.7 Å². The third-order valence-corrected chi connectivity index (χ3v) is 3.77. The van der Waals surface area contributed by atoms with E-state index in [1.165, 1.54) is 7.11 Å². The smallest absolute Gasteiger partial charge is 0.319 e. The number of benzene rings is 1. The van der Waals surface area contributed by atoms with E-state index in [0.717, 1.165) is 18.6 Å². The predicted octanol–water partition coefficient (Wildman–Crippen LogP) is 2.89. The molecule has 0 radical (unpaired) electrons. The average Bonchev–Trinajstić information content (AvgIpc) is 2.47. The fourth-order valence-electron chi connectivity index (χ4n) is 1.82. The minimum absolute atomic E-state index is 0.00586. The van der Waals surface area contributed by atoms with E-state index in [2.05, 4.69) is 15.4 Å². The number of rotatable bonds is 6. The Morgan fingerprint density at radius 1 is 1.41 bits per heavy atom. The van der Waals surface area contributed by atoms with Gasteiger partial charge in [0.1, 0.15) is 0 Å². The van der Waals surface area contributed by atoms with Crippen LogP contribution < -0.4 is 15.4 Å². The summed E-state index contributed by atoms with van der Waals surface area (Å²) in [5.41, 5.74) is -1.39. The van der Waals surface area contributed by atoms with Crippen LogP contribution in [0.1, 0.15) is 27.2 Å². The van der Waals surface area contributed by atoms with Crippen molar-refractivity contribution in [2.75, 3.05) is 19.0 Å². The monoisotopic (exact) mass is 316 g/mol. The molecular formula is C15H22F2N2O3. The quantitative estimate of drug-likeness (QED) is 0.756. The Balaban J connectivity index is 2.68. The number of ether oxygens (including phenoxy) is 1. The molecule has 2 amide bonds. The van der Waals surface area contributed by atoms with E-state index < -0.39 is 23.3 Å². The normalized spacial score (nSPS) is 14.9. The molecule has 5 nitrogen and oxygen atoms in total. The third-order valence-electron chi connectivity index (χ3n) is 3.77. The summed E-state index contributed by atoms with van der Waals surface area (Å²) in [6.07, 6.45) is 0.745. The van der Waals surface area contributed by atoms with Crippen LogP contribution in [0.5, 0.6) is 5.75 Å². The summed E-state index contributed by atoms with van der Waals surface area (Å²) in [6, 6.07) is 0.952. The first kappa shape index (κ1) is 18.2. The Labute approximate surface area is 128 Å². The van der Waals surface area contributed by atoms with Gasteiger partial charge in [-0.05, 0) is 12.8 Å². The Morgan fingerprint density at radius 2 is 2.05 bits per heavy atom. The average molecular weight is 316 g/mol. The van der Waals surface area contributed by atoms with Gasteiger partial charge in [-0.15, -0.1) is 0 Å². The highest BCUT2D eigenvalue weighted by atomic mass is 19.1. The van der Waals surface area contributed by atoms with Crippen LogP contribution in [0.15, 0.2) is 12.1 Å². The van der Waals surface area contributed by atoms with Crippen molar-refractivity contribution >= 4 is 11.7 Å². The van der Waals surface area contributed by atoms with Gasteiger partial charge in [0.25, 0.3) is 0 Å². The molecule has 1 rings (SSSR count). The van der Waals surface area contributed by atoms with Crippen molar-refractivity contribution in [3.8, 4) is 5.75 Å². The number of carbonyl (C=O) groups excluding carboxylic acids is 1. The lowest BCUT2D eigenvalue weighted by molar-refractivity contribution is 0.00827. The third kappa shape index (κ3) is 4.56. The molecule has 2 unspecified atom stereocenters. The first-order chi connectivity index (χ1) is 10.2. The lowest BCUT2D eigenvalue weighted by atomic mass is 9.89. The standard InChI is InChI=1S/C15H22F2N2O3/c1-5-9(2)15(3,21)8-18-14(20)19-12-6-11(17)13(22-4)7-10(12)16/h6-7,9,21H,5,8H2,1-4H3,(H2,18,19,20). The summed E-state index contributed by atoms with van der Waals surface area (Å²) in [6.45, 7) is 5.38. The molecule has 0 aliphatic carbocycles. The van der Waals surface area contributed by atoms with Gasteiger partial charge in [-0.2, -0.15) is 0 Å². The van der Waals surface area contributed by atoms with Gasteiger partial charge in [0.2, 0.25) is 0 Å². The van der Waals surface area contributed by atoms with Crippen molar-refractivity contribution in [2.45, 2.75) is 32.8 Å². The van der Waals surface area contributed by atoms with E-state index >= 15 is 0 Å². The number of halogens is 2. The van der Waals surface area contributed by atoms with Gasteiger partial charge in [-0.25, -0.2) is 13.6 Å². The van der Waals surface area contributed by atoms with E-state index in [1.807, 2.05) is 13.8 Å². The number of urea groups is 1. The molecule has 2 atom stereocenters. The molecule has 0 saturated carbocycles. The van der Waals surface area contributed by atoms with Crippen LogP contribution in [0.2, 0.25) is 0 Å². The van der Waals surface area contributed by atoms with E-state index in [1.54, 1.807) is 6.92 Å². The second kappa shape index (κ2) is 7.40. The topological polar surface area (TPSA) is 70.6 Å². The molecule has 0 fully saturated rings. The highest BCUT2D eigenvalue weighted by Crippen LogP contribution is 2.24. The number of methoxy groups -OCH3 is 1. The zero-order chi connectivity index (χ0) is 16.9. The van der Waals surface area contributed by atoms with Crippen molar-refractivity contribution in [2.24, 2.45) is 5.92 Å². The van der Waals surface area contributed by atoms with Crippen LogP contribution in [0.3, 0.4) is 0 Å². The van der Waals surface area contributed by atoms with Crippen molar-refractivity contribution in [3.05, 3.63) is 23.8 Å². The van der Waals surface area contributed by atoms with Gasteiger partial charge in [-0.3, -0.25) is 0 Å². The maximum atomic E-state index is 13.7. The summed E-state index contributed by atoms with van der Waals surface area (Å²) in [5, 5.41) is 14.8. The van der Waals surface area contributed by atoms with Crippen molar-refractivity contribution in [3.63, 3.8) is 0 Å². The van der Waals surface area contributed by atoms with Crippen molar-refractivity contribution in [1.82, 2.24) is 5.32 Å². The second-order valence-corrected chi connectivity index (χ2v) is 5.44. The highest BCUT2D eigenvalue weighted by Gasteiger charge is 2.27. The molecular weight excluding hydrogens is 294 g/mol. The predicted molar refractivity (Wildman–Crippen MR) is 80.0 cm³/mol. The molecule has 22 heavy (non-hydrogen) atoms. The number of carbonyl (C=O) groups is 1. The highest BCUT2D eigenvalue weighted by molar-refractivity contribution is 5.89. The number of hydrogen-bond donors (Lipinski definition) is 3. The number of anilines is 1. The molecule has 0 saturated heterocycles. The van der Waals surface area contributed by atoms with Gasteiger partial charge in [0.05, 0.1) is 18.4 Å². The summed E-state index contributed by atoms with van der Waals surface area (Å²) in [7, 11) is 1.22. The number of amides is 2. The summed E-state index contributed by atoms with van der Waals surface area (Å²) >= 11 is 0. The summed E-state index contributed by atoms with van der Waals surface area (Å²) in [4.78, 5) is 11.7. The van der Waals surface area contributed by atoms with Crippen molar-refractivity contribution in [1.29, 1.82) is 0 Å². The second-order valence-electron chi connectivity index (χ2n) is 5.44. The summed E-state index contributed by atoms with van der Waals surface area (Å²) in [5.74, 6) is -1.88. The molecule has 1 aromatic carbocycles. The van der Waals surface area contributed by atoms with Crippen LogP contribution in [0, 0.1) is 17.6 Å². The zero-order valence-corrected chi connectivity index (χ0v) is 13.2. The van der Waals surface area contributed by atoms with Crippen LogP contribution >= 0.6 is 0 Å². The van der Waals surface area contributed by atoms with E-state index in [-0.39, 0.29) is 23.9 Å². The summed E-state index contributed by atoms with van der Waals surface area (Å²) < 4.78 is 31.8. The Kier molecular flexibility index (Phi) is 6.11. The molecule has 7 heteroatoms. The van der Waals surface area contributed by atoms with Crippen LogP contribution in [0.25, 0.3) is 0 Å². The number of hydrogen-bond acceptors (Lipinski definition) is 3. The Morgan fingerprint density at radius 3 is 2.59 bits per heavy atom. The number of aliphatic hydroxyl groups is 1. The van der Waals surface area contributed by atoms with Crippen molar-refractivity contribution < 1.29 is 23.4 Å². The first-order valence-corrected chi connectivity index (χ1v) is 7.01. The maximum Gasteiger partial charge on any atom is 0.319 e. The minimum atomic E-state index is -1.09. The lowest BCUT2D eigenvalue weighted by Crippen LogP contribution is -2.46. The van der Waals surface area contributed by atoms with Gasteiger partial charge in [0.15, 0.2) is 17.4 Å². The van der Waals surface area contributed by atoms with E-state index in [0.29, 0.717) is 0 Å². The molecule has 0 aliphatic heterocycles. The molecule has 0 aliphatic rings. The van der Waals surface area contributed by atoms with Gasteiger partial charge in [0, 0.05) is 18.7 Å². The van der Waals surface area contributed by atoms with Gasteiger partial charge >= 0.3 is 6.03 Å². The van der Waals surface area contributed by atoms with E-state index in [4.69, 9.17) is 0 Å². The SMILES string of the molecule is CCC(C)C(C)(O)CNC(=O)Nc1cc(F)c(OC)cc1F. The fraction of sp³-hybridized carbons (Fsp3) is 0.533. The Bertz CT molecular complexity index is 536. The van der Waals surface area contributed by atoms with Crippen LogP contribution in [0.4, 0.5) is 19.3 Å². The largest absolute Gasteiger partial charge is 0.494 e. The molecule has 0 spiro atoms. The molecule has 0 heterocycles.